The Hall–Kier alpha value is -1.67. The first-order valence-electron chi connectivity index (χ1n) is 7.40. The minimum atomic E-state index is -0.223. The van der Waals surface area contributed by atoms with Crippen molar-refractivity contribution in [3.05, 3.63) is 24.0 Å². The number of hydrogen-bond acceptors (Lipinski definition) is 6. The molecule has 2 saturated heterocycles. The molecular weight excluding hydrogens is 302 g/mol. The van der Waals surface area contributed by atoms with E-state index in [-0.39, 0.29) is 23.8 Å². The van der Waals surface area contributed by atoms with Gasteiger partial charge in [-0.05, 0) is 24.5 Å². The number of hydrogen-bond donors (Lipinski definition) is 2. The van der Waals surface area contributed by atoms with Crippen molar-refractivity contribution in [2.24, 2.45) is 5.92 Å². The summed E-state index contributed by atoms with van der Waals surface area (Å²) in [6.07, 6.45) is 2.30. The normalized spacial score (nSPS) is 24.5. The lowest BCUT2D eigenvalue weighted by Crippen LogP contribution is -2.42. The van der Waals surface area contributed by atoms with Gasteiger partial charge >= 0.3 is 0 Å². The van der Waals surface area contributed by atoms with E-state index in [1.54, 1.807) is 23.9 Å². The number of nitrogens with one attached hydrogen (secondary N) is 2. The van der Waals surface area contributed by atoms with Crippen LogP contribution in [0.3, 0.4) is 0 Å². The molecule has 0 saturated carbocycles. The van der Waals surface area contributed by atoms with Crippen molar-refractivity contribution in [3.8, 4) is 0 Å². The van der Waals surface area contributed by atoms with E-state index in [1.165, 1.54) is 6.20 Å². The average Bonchev–Trinajstić information content (AvgIpc) is 3.24. The lowest BCUT2D eigenvalue weighted by atomic mass is 10.0. The minimum Gasteiger partial charge on any atom is -0.350 e. The van der Waals surface area contributed by atoms with Crippen LogP contribution in [0.5, 0.6) is 0 Å². The Labute approximate surface area is 133 Å². The van der Waals surface area contributed by atoms with Gasteiger partial charge in [-0.25, -0.2) is 0 Å². The Kier molecular flexibility index (Phi) is 4.89. The fourth-order valence-corrected chi connectivity index (χ4v) is 3.67. The SMILES string of the molecule is O=C(NC[C@@H]1CN[C@H](C(=O)N2CCSC2)C1)c1cccnn1. The first-order valence-corrected chi connectivity index (χ1v) is 8.55. The molecule has 2 aliphatic heterocycles. The monoisotopic (exact) mass is 321 g/mol. The maximum Gasteiger partial charge on any atom is 0.271 e. The van der Waals surface area contributed by atoms with E-state index < -0.39 is 0 Å². The zero-order chi connectivity index (χ0) is 15.4. The molecule has 2 amide bonds. The summed E-state index contributed by atoms with van der Waals surface area (Å²) in [4.78, 5) is 26.1. The van der Waals surface area contributed by atoms with Crippen LogP contribution in [-0.2, 0) is 4.79 Å². The quantitative estimate of drug-likeness (QED) is 0.793. The van der Waals surface area contributed by atoms with Crippen molar-refractivity contribution in [1.82, 2.24) is 25.7 Å². The van der Waals surface area contributed by atoms with E-state index in [9.17, 15) is 9.59 Å². The third kappa shape index (κ3) is 3.56. The van der Waals surface area contributed by atoms with E-state index in [4.69, 9.17) is 0 Å². The summed E-state index contributed by atoms with van der Waals surface area (Å²) in [5.41, 5.74) is 0.315. The molecule has 0 aliphatic carbocycles. The summed E-state index contributed by atoms with van der Waals surface area (Å²) < 4.78 is 0. The zero-order valence-electron chi connectivity index (χ0n) is 12.2. The summed E-state index contributed by atoms with van der Waals surface area (Å²) in [5, 5.41) is 13.6. The van der Waals surface area contributed by atoms with Crippen molar-refractivity contribution in [1.29, 1.82) is 0 Å². The lowest BCUT2D eigenvalue weighted by molar-refractivity contribution is -0.131. The number of carbonyl (C=O) groups excluding carboxylic acids is 2. The Morgan fingerprint density at radius 3 is 3.14 bits per heavy atom. The van der Waals surface area contributed by atoms with Gasteiger partial charge in [0.25, 0.3) is 5.91 Å². The molecule has 0 radical (unpaired) electrons. The summed E-state index contributed by atoms with van der Waals surface area (Å²) in [6.45, 7) is 2.13. The summed E-state index contributed by atoms with van der Waals surface area (Å²) in [6, 6.07) is 3.20. The molecule has 2 aliphatic rings. The van der Waals surface area contributed by atoms with E-state index in [1.807, 2.05) is 4.90 Å². The van der Waals surface area contributed by atoms with Crippen LogP contribution in [0.25, 0.3) is 0 Å². The molecular formula is C14H19N5O2S. The van der Waals surface area contributed by atoms with Gasteiger partial charge in [0, 0.05) is 31.6 Å². The highest BCUT2D eigenvalue weighted by molar-refractivity contribution is 7.99. The van der Waals surface area contributed by atoms with Gasteiger partial charge in [0.15, 0.2) is 5.69 Å². The zero-order valence-corrected chi connectivity index (χ0v) is 13.0. The van der Waals surface area contributed by atoms with Crippen molar-refractivity contribution in [2.75, 3.05) is 31.3 Å². The highest BCUT2D eigenvalue weighted by Gasteiger charge is 2.33. The number of rotatable bonds is 4. The maximum absolute atomic E-state index is 12.3. The maximum atomic E-state index is 12.3. The fraction of sp³-hybridized carbons (Fsp3) is 0.571. The molecule has 1 aromatic heterocycles. The molecule has 3 rings (SSSR count). The highest BCUT2D eigenvalue weighted by atomic mass is 32.2. The first kappa shape index (κ1) is 15.2. The molecule has 118 valence electrons. The van der Waals surface area contributed by atoms with Crippen molar-refractivity contribution < 1.29 is 9.59 Å². The summed E-state index contributed by atoms with van der Waals surface area (Å²) in [5.74, 6) is 2.05. The van der Waals surface area contributed by atoms with Crippen molar-refractivity contribution in [2.45, 2.75) is 12.5 Å². The molecule has 2 atom stereocenters. The molecule has 2 fully saturated rings. The second-order valence-electron chi connectivity index (χ2n) is 5.52. The minimum absolute atomic E-state index is 0.114. The van der Waals surface area contributed by atoms with Crippen LogP contribution in [-0.4, -0.2) is 64.2 Å². The third-order valence-electron chi connectivity index (χ3n) is 3.94. The first-order chi connectivity index (χ1) is 10.7. The molecule has 0 aromatic carbocycles. The van der Waals surface area contributed by atoms with E-state index in [2.05, 4.69) is 20.8 Å². The molecule has 1 aromatic rings. The summed E-state index contributed by atoms with van der Waals surface area (Å²) >= 11 is 1.79. The van der Waals surface area contributed by atoms with Crippen LogP contribution in [0.1, 0.15) is 16.9 Å². The van der Waals surface area contributed by atoms with Gasteiger partial charge in [0.05, 0.1) is 11.9 Å². The summed E-state index contributed by atoms with van der Waals surface area (Å²) in [7, 11) is 0. The van der Waals surface area contributed by atoms with Gasteiger partial charge in [-0.1, -0.05) is 0 Å². The topological polar surface area (TPSA) is 87.2 Å². The smallest absolute Gasteiger partial charge is 0.271 e. The number of amides is 2. The molecule has 7 nitrogen and oxygen atoms in total. The van der Waals surface area contributed by atoms with Crippen molar-refractivity contribution >= 4 is 23.6 Å². The van der Waals surface area contributed by atoms with Crippen LogP contribution in [0.15, 0.2) is 18.3 Å². The standard InChI is InChI=1S/C14H19N5O2S/c20-13(11-2-1-3-17-18-11)16-8-10-6-12(15-7-10)14(21)19-4-5-22-9-19/h1-3,10,12,15H,4-9H2,(H,16,20)/t10-,12-/m0/s1. The van der Waals surface area contributed by atoms with Crippen LogP contribution < -0.4 is 10.6 Å². The van der Waals surface area contributed by atoms with Gasteiger partial charge in [-0.15, -0.1) is 16.9 Å². The molecule has 0 bridgehead atoms. The van der Waals surface area contributed by atoms with Crippen LogP contribution in [0.4, 0.5) is 0 Å². The largest absolute Gasteiger partial charge is 0.350 e. The lowest BCUT2D eigenvalue weighted by Gasteiger charge is -2.19. The van der Waals surface area contributed by atoms with Gasteiger partial charge in [-0.2, -0.15) is 5.10 Å². The Bertz CT molecular complexity index is 535. The highest BCUT2D eigenvalue weighted by Crippen LogP contribution is 2.19. The van der Waals surface area contributed by atoms with Gasteiger partial charge < -0.3 is 15.5 Å². The second-order valence-corrected chi connectivity index (χ2v) is 6.60. The number of aromatic nitrogens is 2. The van der Waals surface area contributed by atoms with E-state index >= 15 is 0 Å². The van der Waals surface area contributed by atoms with Gasteiger partial charge in [0.1, 0.15) is 0 Å². The fourth-order valence-electron chi connectivity index (χ4n) is 2.71. The Morgan fingerprint density at radius 2 is 2.41 bits per heavy atom. The molecule has 0 spiro atoms. The van der Waals surface area contributed by atoms with Crippen LogP contribution in [0.2, 0.25) is 0 Å². The van der Waals surface area contributed by atoms with Crippen LogP contribution in [0, 0.1) is 5.92 Å². The molecule has 0 unspecified atom stereocenters. The van der Waals surface area contributed by atoms with Crippen LogP contribution >= 0.6 is 11.8 Å². The number of carbonyl (C=O) groups is 2. The molecule has 2 N–H and O–H groups in total. The van der Waals surface area contributed by atoms with Gasteiger partial charge in [-0.3, -0.25) is 9.59 Å². The Balaban J connectivity index is 1.45. The number of nitrogens with zero attached hydrogens (tertiary/aromatic N) is 3. The molecule has 3 heterocycles. The van der Waals surface area contributed by atoms with E-state index in [0.29, 0.717) is 12.2 Å². The van der Waals surface area contributed by atoms with Crippen molar-refractivity contribution in [3.63, 3.8) is 0 Å². The van der Waals surface area contributed by atoms with Gasteiger partial charge in [0.2, 0.25) is 5.91 Å². The number of thioether (sulfide) groups is 1. The Morgan fingerprint density at radius 1 is 1.50 bits per heavy atom. The third-order valence-corrected chi connectivity index (χ3v) is 4.91. The predicted molar refractivity (Wildman–Crippen MR) is 83.3 cm³/mol. The molecule has 8 heteroatoms. The predicted octanol–water partition coefficient (Wildman–Crippen LogP) is -0.283. The van der Waals surface area contributed by atoms with E-state index in [0.717, 1.165) is 31.1 Å². The molecule has 22 heavy (non-hydrogen) atoms. The average molecular weight is 321 g/mol. The second kappa shape index (κ2) is 7.06.